The third-order valence-electron chi connectivity index (χ3n) is 12.4. The highest BCUT2D eigenvalue weighted by molar-refractivity contribution is 6.17. The van der Waals surface area contributed by atoms with Crippen molar-refractivity contribution in [3.05, 3.63) is 199 Å². The van der Waals surface area contributed by atoms with Gasteiger partial charge in [-0.15, -0.1) is 0 Å². The molecule has 3 aromatic heterocycles. The number of rotatable bonds is 6. The quantitative estimate of drug-likeness (QED) is 0.153. The maximum Gasteiger partial charge on any atom is 0.163 e. The van der Waals surface area contributed by atoms with Crippen LogP contribution in [0.2, 0.25) is 0 Å². The average molecular weight is 931 g/mol. The second kappa shape index (κ2) is 16.7. The summed E-state index contributed by atoms with van der Waals surface area (Å²) in [5, 5.41) is 30.6. The van der Waals surface area contributed by atoms with Crippen molar-refractivity contribution in [1.29, 1.82) is 15.8 Å². The van der Waals surface area contributed by atoms with Crippen molar-refractivity contribution in [3.8, 4) is 86.9 Å². The van der Waals surface area contributed by atoms with E-state index in [0.29, 0.717) is 102 Å². The van der Waals surface area contributed by atoms with Crippen molar-refractivity contribution < 1.29 is 14.2 Å². The van der Waals surface area contributed by atoms with Gasteiger partial charge in [0.2, 0.25) is 0 Å². The fraction of sp³-hybridized carbons (Fsp3) is 0. The van der Waals surface area contributed by atoms with E-state index in [1.807, 2.05) is 146 Å². The van der Waals surface area contributed by atoms with Gasteiger partial charge in [-0.25, -0.2) is 29.9 Å². The zero-order valence-electron chi connectivity index (χ0n) is 37.4. The van der Waals surface area contributed by atoms with Crippen LogP contribution in [0, 0.1) is 34.0 Å². The number of hydrogen-bond acceptors (Lipinski definition) is 15. The van der Waals surface area contributed by atoms with Gasteiger partial charge in [-0.3, -0.25) is 0 Å². The molecular formula is C57H30N12O3. The van der Waals surface area contributed by atoms with E-state index in [4.69, 9.17) is 44.1 Å². The minimum atomic E-state index is 0.195. The first-order valence-corrected chi connectivity index (χ1v) is 22.5. The lowest BCUT2D eigenvalue weighted by Gasteiger charge is -2.42. The van der Waals surface area contributed by atoms with Crippen LogP contribution in [-0.2, 0) is 0 Å². The summed E-state index contributed by atoms with van der Waals surface area (Å²) in [6.07, 6.45) is 8.90. The lowest BCUT2D eigenvalue weighted by atomic mass is 9.89. The van der Waals surface area contributed by atoms with Crippen molar-refractivity contribution >= 4 is 51.2 Å². The Balaban J connectivity index is 1.35. The normalized spacial score (nSPS) is 12.4. The SMILES string of the molecule is N#Cc1cnc(-c2c(N3c4ccccc4Oc4ccccc43)c(-c3ncc(C#N)cn3)c(N3c4ccccc4Oc4ccccc43)c(-c3ncc(C#N)cn3)c2N2c3ccccc3Oc3ccccc32)nc1. The molecule has 0 aliphatic carbocycles. The van der Waals surface area contributed by atoms with Crippen molar-refractivity contribution in [3.63, 3.8) is 0 Å². The monoisotopic (exact) mass is 930 g/mol. The van der Waals surface area contributed by atoms with Crippen molar-refractivity contribution in [2.75, 3.05) is 14.7 Å². The molecule has 15 nitrogen and oxygen atoms in total. The zero-order valence-corrected chi connectivity index (χ0v) is 37.4. The largest absolute Gasteiger partial charge is 0.453 e. The Hall–Kier alpha value is -11.0. The first kappa shape index (κ1) is 41.3. The molecule has 72 heavy (non-hydrogen) atoms. The number of nitrogens with zero attached hydrogens (tertiary/aromatic N) is 12. The number of nitriles is 3. The smallest absolute Gasteiger partial charge is 0.163 e. The van der Waals surface area contributed by atoms with Gasteiger partial charge in [0, 0.05) is 37.2 Å². The Bertz CT molecular complexity index is 3410. The van der Waals surface area contributed by atoms with Gasteiger partial charge in [0.25, 0.3) is 0 Å². The highest BCUT2D eigenvalue weighted by atomic mass is 16.5. The summed E-state index contributed by atoms with van der Waals surface area (Å²) in [4.78, 5) is 36.5. The minimum Gasteiger partial charge on any atom is -0.453 e. The molecule has 0 fully saturated rings. The van der Waals surface area contributed by atoms with Gasteiger partial charge in [0.15, 0.2) is 52.0 Å². The summed E-state index contributed by atoms with van der Waals surface area (Å²) >= 11 is 0. The molecule has 3 aliphatic heterocycles. The summed E-state index contributed by atoms with van der Waals surface area (Å²) in [7, 11) is 0. The van der Waals surface area contributed by atoms with Crippen LogP contribution in [0.4, 0.5) is 51.2 Å². The van der Waals surface area contributed by atoms with E-state index in [9.17, 15) is 15.8 Å². The molecule has 0 N–H and O–H groups in total. The van der Waals surface area contributed by atoms with Crippen LogP contribution in [0.3, 0.4) is 0 Å². The summed E-state index contributed by atoms with van der Waals surface area (Å²) in [6, 6.07) is 52.8. The van der Waals surface area contributed by atoms with Crippen molar-refractivity contribution in [2.45, 2.75) is 0 Å². The van der Waals surface area contributed by atoms with Crippen LogP contribution < -0.4 is 28.9 Å². The molecule has 7 aromatic carbocycles. The fourth-order valence-electron chi connectivity index (χ4n) is 9.40. The van der Waals surface area contributed by atoms with Crippen LogP contribution in [0.5, 0.6) is 34.5 Å². The Morgan fingerprint density at radius 3 is 0.681 bits per heavy atom. The highest BCUT2D eigenvalue weighted by Gasteiger charge is 2.43. The Kier molecular flexibility index (Phi) is 9.56. The number of hydrogen-bond donors (Lipinski definition) is 0. The van der Waals surface area contributed by atoms with Gasteiger partial charge < -0.3 is 28.9 Å². The Labute approximate surface area is 410 Å². The van der Waals surface area contributed by atoms with Gasteiger partial charge in [0.05, 0.1) is 84.6 Å². The maximum absolute atomic E-state index is 10.2. The molecule has 0 unspecified atom stereocenters. The van der Waals surface area contributed by atoms with E-state index < -0.39 is 0 Å². The minimum absolute atomic E-state index is 0.195. The number of fused-ring (bicyclic) bond motifs is 6. The van der Waals surface area contributed by atoms with Crippen LogP contribution in [-0.4, -0.2) is 29.9 Å². The van der Waals surface area contributed by atoms with Crippen LogP contribution in [0.1, 0.15) is 16.7 Å². The molecule has 0 saturated heterocycles. The van der Waals surface area contributed by atoms with E-state index in [0.717, 1.165) is 0 Å². The molecule has 10 aromatic rings. The predicted octanol–water partition coefficient (Wildman–Crippen LogP) is 13.4. The van der Waals surface area contributed by atoms with Crippen LogP contribution in [0.15, 0.2) is 183 Å². The van der Waals surface area contributed by atoms with Gasteiger partial charge in [0.1, 0.15) is 18.2 Å². The van der Waals surface area contributed by atoms with E-state index in [2.05, 4.69) is 32.9 Å². The van der Waals surface area contributed by atoms with Gasteiger partial charge >= 0.3 is 0 Å². The molecule has 6 heterocycles. The molecule has 0 spiro atoms. The number of benzene rings is 7. The lowest BCUT2D eigenvalue weighted by molar-refractivity contribution is 0.477. The van der Waals surface area contributed by atoms with E-state index >= 15 is 0 Å². The molecule has 0 atom stereocenters. The maximum atomic E-state index is 10.2. The molecule has 13 rings (SSSR count). The van der Waals surface area contributed by atoms with E-state index in [1.165, 1.54) is 37.2 Å². The summed E-state index contributed by atoms with van der Waals surface area (Å²) in [5.74, 6) is 3.84. The second-order valence-electron chi connectivity index (χ2n) is 16.5. The number of aromatic nitrogens is 6. The predicted molar refractivity (Wildman–Crippen MR) is 268 cm³/mol. The number of ether oxygens (including phenoxy) is 3. The number of anilines is 9. The van der Waals surface area contributed by atoms with Gasteiger partial charge in [-0.2, -0.15) is 15.8 Å². The second-order valence-corrected chi connectivity index (χ2v) is 16.5. The Morgan fingerprint density at radius 1 is 0.292 bits per heavy atom. The van der Waals surface area contributed by atoms with E-state index in [1.54, 1.807) is 0 Å². The van der Waals surface area contributed by atoms with Crippen LogP contribution in [0.25, 0.3) is 34.2 Å². The summed E-state index contributed by atoms with van der Waals surface area (Å²) in [5.41, 5.74) is 7.23. The first-order chi connectivity index (χ1) is 35.6. The van der Waals surface area contributed by atoms with Crippen molar-refractivity contribution in [2.24, 2.45) is 0 Å². The Morgan fingerprint density at radius 2 is 0.486 bits per heavy atom. The van der Waals surface area contributed by atoms with Crippen LogP contribution >= 0.6 is 0 Å². The average Bonchev–Trinajstić information content (AvgIpc) is 3.44. The molecule has 0 bridgehead atoms. The molecule has 3 aliphatic rings. The standard InChI is InChI=1S/C57H30N12O3/c58-25-34-28-61-55(62-29-34)49-52(67-37-13-1-7-19-43(37)70-44-20-8-2-14-38(44)67)50(56-63-30-35(26-59)31-64-56)54(69-41-17-5-11-23-47(41)72-48-24-12-6-18-42(48)69)51(57-65-32-36(27-60)33-66-57)53(49)68-39-15-3-9-21-45(39)71-46-22-10-4-16-40(46)68/h1-24,28-33H. The molecule has 15 heteroatoms. The first-order valence-electron chi connectivity index (χ1n) is 22.5. The summed E-state index contributed by atoms with van der Waals surface area (Å²) in [6.45, 7) is 0. The van der Waals surface area contributed by atoms with Gasteiger partial charge in [-0.1, -0.05) is 72.8 Å². The zero-order chi connectivity index (χ0) is 48.3. The van der Waals surface area contributed by atoms with Crippen molar-refractivity contribution in [1.82, 2.24) is 29.9 Å². The highest BCUT2D eigenvalue weighted by Crippen LogP contribution is 2.66. The summed E-state index contributed by atoms with van der Waals surface area (Å²) < 4.78 is 20.1. The third-order valence-corrected chi connectivity index (χ3v) is 12.4. The molecule has 0 amide bonds. The molecule has 336 valence electrons. The third kappa shape index (κ3) is 6.49. The van der Waals surface area contributed by atoms with Gasteiger partial charge in [-0.05, 0) is 72.8 Å². The van der Waals surface area contributed by atoms with E-state index in [-0.39, 0.29) is 34.2 Å². The molecular weight excluding hydrogens is 901 g/mol. The molecule has 0 radical (unpaired) electrons. The molecule has 0 saturated carbocycles. The lowest BCUT2D eigenvalue weighted by Crippen LogP contribution is -2.25. The fourth-order valence-corrected chi connectivity index (χ4v) is 9.40. The topological polar surface area (TPSA) is 186 Å². The number of para-hydroxylation sites is 12.